The molecule has 26 heavy (non-hydrogen) atoms. The molecule has 0 aromatic carbocycles. The molecule has 0 fully saturated rings. The lowest BCUT2D eigenvalue weighted by Gasteiger charge is -2.26. The van der Waals surface area contributed by atoms with Crippen LogP contribution in [0.4, 0.5) is 35.1 Å². The summed E-state index contributed by atoms with van der Waals surface area (Å²) in [7, 11) is -13.5. The van der Waals surface area contributed by atoms with Crippen molar-refractivity contribution >= 4 is 31.9 Å². The molecule has 0 radical (unpaired) electrons. The molecule has 0 N–H and O–H groups in total. The van der Waals surface area contributed by atoms with E-state index in [0.717, 1.165) is 0 Å². The van der Waals surface area contributed by atoms with Crippen LogP contribution in [0.15, 0.2) is 0 Å². The van der Waals surface area contributed by atoms with E-state index in [9.17, 15) is 61.5 Å². The smallest absolute Gasteiger partial charge is 0.262 e. The molecule has 0 rings (SSSR count). The number of carbonyl (C=O) groups is 2. The first-order valence-electron chi connectivity index (χ1n) is 5.85. The number of rotatable bonds is 6. The predicted molar refractivity (Wildman–Crippen MR) is 65.3 cm³/mol. The number of hydrogen-bond acceptors (Lipinski definition) is 6. The van der Waals surface area contributed by atoms with Crippen molar-refractivity contribution in [1.82, 2.24) is 8.61 Å². The summed E-state index contributed by atoms with van der Waals surface area (Å²) in [6.07, 6.45) is 0. The summed E-state index contributed by atoms with van der Waals surface area (Å²) in [6, 6.07) is 0. The van der Waals surface area contributed by atoms with Crippen molar-refractivity contribution in [2.75, 3.05) is 26.4 Å². The number of alkyl halides is 8. The zero-order chi connectivity index (χ0) is 21.1. The van der Waals surface area contributed by atoms with Crippen molar-refractivity contribution in [3.63, 3.8) is 0 Å². The second-order valence-electron chi connectivity index (χ2n) is 4.03. The number of nitrogens with zero attached hydrogens (tertiary/aromatic N) is 2. The third-order valence-corrected chi connectivity index (χ3v) is 5.40. The fourth-order valence-corrected chi connectivity index (χ4v) is 2.99. The molecule has 8 nitrogen and oxygen atoms in total. The first kappa shape index (κ1) is 24.3. The van der Waals surface area contributed by atoms with Gasteiger partial charge in [-0.15, -0.1) is 0 Å². The van der Waals surface area contributed by atoms with Crippen LogP contribution in [0.2, 0.25) is 0 Å². The molecule has 0 aromatic rings. The molecule has 0 unspecified atom stereocenters. The van der Waals surface area contributed by atoms with Gasteiger partial charge in [-0.3, -0.25) is 9.59 Å². The van der Waals surface area contributed by atoms with Gasteiger partial charge in [0.05, 0.1) is 13.1 Å². The Morgan fingerprint density at radius 1 is 0.654 bits per heavy atom. The highest BCUT2D eigenvalue weighted by Gasteiger charge is 2.56. The predicted octanol–water partition coefficient (Wildman–Crippen LogP) is 0.282. The van der Waals surface area contributed by atoms with Gasteiger partial charge >= 0.3 is 42.9 Å². The van der Waals surface area contributed by atoms with Gasteiger partial charge in [-0.05, 0) is 0 Å². The summed E-state index contributed by atoms with van der Waals surface area (Å²) in [5.74, 6) is -5.94. The molecule has 2 amide bonds. The van der Waals surface area contributed by atoms with Crippen molar-refractivity contribution in [3.05, 3.63) is 0 Å². The minimum atomic E-state index is -6.75. The molecule has 0 atom stereocenters. The number of amides is 2. The topological polar surface area (TPSA) is 109 Å². The molecule has 0 heterocycles. The molecule has 0 bridgehead atoms. The maximum atomic E-state index is 12.4. The van der Waals surface area contributed by atoms with Crippen molar-refractivity contribution < 1.29 is 61.5 Å². The Morgan fingerprint density at radius 3 is 1.04 bits per heavy atom. The Hall–Kier alpha value is -1.72. The number of sulfonamides is 2. The summed E-state index contributed by atoms with van der Waals surface area (Å²) < 4.78 is 140. The van der Waals surface area contributed by atoms with Gasteiger partial charge in [-0.25, -0.2) is 17.4 Å². The van der Waals surface area contributed by atoms with Crippen LogP contribution in [0.3, 0.4) is 0 Å². The Kier molecular flexibility index (Phi) is 7.36. The van der Waals surface area contributed by atoms with Gasteiger partial charge in [0.15, 0.2) is 0 Å². The molecule has 0 aliphatic carbocycles. The second-order valence-corrected chi connectivity index (χ2v) is 7.74. The highest BCUT2D eigenvalue weighted by atomic mass is 32.2. The summed E-state index contributed by atoms with van der Waals surface area (Å²) in [4.78, 5) is 23.1. The quantitative estimate of drug-likeness (QED) is 0.430. The molecule has 0 saturated heterocycles. The normalized spacial score (nSPS) is 13.4. The molecule has 0 aromatic heterocycles. The SMILES string of the molecule is O=C(C(=O)N(CCF)S(=O)(=O)C(F)(F)F)N(CCF)S(=O)(=O)C(F)(F)F. The summed E-state index contributed by atoms with van der Waals surface area (Å²) in [6.45, 7) is -7.91. The molecule has 0 spiro atoms. The Bertz CT molecular complexity index is 680. The van der Waals surface area contributed by atoms with Gasteiger partial charge in [0, 0.05) is 0 Å². The fraction of sp³-hybridized carbons (Fsp3) is 0.750. The molecular formula is C8H8F8N2O6S2. The van der Waals surface area contributed by atoms with Crippen LogP contribution in [0.25, 0.3) is 0 Å². The standard InChI is InChI=1S/C8H8F8N2O6S2/c9-1-3-17(25(21,22)7(11,12)13)5(19)6(20)18(4-2-10)26(23,24)8(14,15)16/h1-4H2. The molecular weight excluding hydrogens is 436 g/mol. The monoisotopic (exact) mass is 444 g/mol. The third kappa shape index (κ3) is 4.71. The van der Waals surface area contributed by atoms with Gasteiger partial charge < -0.3 is 0 Å². The van der Waals surface area contributed by atoms with E-state index in [2.05, 4.69) is 0 Å². The van der Waals surface area contributed by atoms with Crippen molar-refractivity contribution in [1.29, 1.82) is 0 Å². The van der Waals surface area contributed by atoms with Crippen LogP contribution in [0.1, 0.15) is 0 Å². The minimum absolute atomic E-state index is 1.49. The highest BCUT2D eigenvalue weighted by Crippen LogP contribution is 2.29. The van der Waals surface area contributed by atoms with Crippen LogP contribution < -0.4 is 0 Å². The lowest BCUT2D eigenvalue weighted by molar-refractivity contribution is -0.147. The van der Waals surface area contributed by atoms with E-state index in [-0.39, 0.29) is 0 Å². The minimum Gasteiger partial charge on any atom is -0.262 e. The molecule has 0 saturated carbocycles. The van der Waals surface area contributed by atoms with Gasteiger partial charge in [-0.2, -0.15) is 43.2 Å². The van der Waals surface area contributed by atoms with E-state index >= 15 is 0 Å². The second kappa shape index (κ2) is 7.89. The molecule has 0 aliphatic heterocycles. The van der Waals surface area contributed by atoms with Crippen LogP contribution in [0.5, 0.6) is 0 Å². The van der Waals surface area contributed by atoms with Gasteiger partial charge in [0.25, 0.3) is 0 Å². The zero-order valence-corrected chi connectivity index (χ0v) is 13.6. The highest BCUT2D eigenvalue weighted by molar-refractivity contribution is 7.91. The van der Waals surface area contributed by atoms with Gasteiger partial charge in [0.1, 0.15) is 13.3 Å². The maximum absolute atomic E-state index is 12.4. The van der Waals surface area contributed by atoms with Crippen molar-refractivity contribution in [3.8, 4) is 0 Å². The number of carbonyl (C=O) groups excluding carboxylic acids is 2. The Balaban J connectivity index is 6.18. The molecule has 0 aliphatic rings. The van der Waals surface area contributed by atoms with Gasteiger partial charge in [0.2, 0.25) is 0 Å². The fourth-order valence-electron chi connectivity index (χ4n) is 1.28. The summed E-state index contributed by atoms with van der Waals surface area (Å²) in [5, 5.41) is 0. The first-order chi connectivity index (χ1) is 11.5. The van der Waals surface area contributed by atoms with Crippen LogP contribution in [0, 0.1) is 0 Å². The third-order valence-electron chi connectivity index (χ3n) is 2.38. The lowest BCUT2D eigenvalue weighted by Crippen LogP contribution is -2.55. The van der Waals surface area contributed by atoms with E-state index < -0.39 is 77.9 Å². The number of hydrogen-bond donors (Lipinski definition) is 0. The van der Waals surface area contributed by atoms with Crippen LogP contribution in [-0.2, 0) is 29.6 Å². The van der Waals surface area contributed by atoms with E-state index in [4.69, 9.17) is 0 Å². The van der Waals surface area contributed by atoms with Gasteiger partial charge in [-0.1, -0.05) is 0 Å². The van der Waals surface area contributed by atoms with E-state index in [0.29, 0.717) is 0 Å². The average molecular weight is 444 g/mol. The van der Waals surface area contributed by atoms with Crippen LogP contribution >= 0.6 is 0 Å². The zero-order valence-electron chi connectivity index (χ0n) is 12.0. The van der Waals surface area contributed by atoms with E-state index in [1.165, 1.54) is 0 Å². The Labute approximate surface area is 140 Å². The van der Waals surface area contributed by atoms with Crippen molar-refractivity contribution in [2.45, 2.75) is 11.0 Å². The maximum Gasteiger partial charge on any atom is 0.516 e. The first-order valence-corrected chi connectivity index (χ1v) is 8.73. The Morgan fingerprint density at radius 2 is 0.885 bits per heavy atom. The van der Waals surface area contributed by atoms with Crippen molar-refractivity contribution in [2.24, 2.45) is 0 Å². The summed E-state index contributed by atoms with van der Waals surface area (Å²) >= 11 is 0. The molecule has 18 heteroatoms. The summed E-state index contributed by atoms with van der Waals surface area (Å²) in [5.41, 5.74) is -12.5. The largest absolute Gasteiger partial charge is 0.516 e. The van der Waals surface area contributed by atoms with Crippen LogP contribution in [-0.4, -0.2) is 74.7 Å². The van der Waals surface area contributed by atoms with E-state index in [1.807, 2.05) is 0 Å². The lowest BCUT2D eigenvalue weighted by atomic mass is 10.5. The van der Waals surface area contributed by atoms with E-state index in [1.54, 1.807) is 0 Å². The average Bonchev–Trinajstić information content (AvgIpc) is 2.46. The molecule has 154 valence electrons. The number of halogens is 8.